The Hall–Kier alpha value is -3.06. The smallest absolute Gasteiger partial charge is 0.270 e. The zero-order valence-electron chi connectivity index (χ0n) is 14.9. The van der Waals surface area contributed by atoms with Crippen molar-refractivity contribution in [3.63, 3.8) is 0 Å². The molecular formula is C20H19FN4O2. The maximum atomic E-state index is 13.7. The van der Waals surface area contributed by atoms with Gasteiger partial charge in [-0.05, 0) is 61.2 Å². The molecule has 3 aromatic rings. The summed E-state index contributed by atoms with van der Waals surface area (Å²) in [6.07, 6.45) is 3.51. The molecule has 1 aromatic carbocycles. The van der Waals surface area contributed by atoms with E-state index in [1.54, 1.807) is 18.3 Å². The molecule has 0 bridgehead atoms. The van der Waals surface area contributed by atoms with Crippen LogP contribution in [0.25, 0.3) is 5.65 Å². The number of carbonyl (C=O) groups excluding carboxylic acids is 1. The van der Waals surface area contributed by atoms with Crippen molar-refractivity contribution >= 4 is 17.2 Å². The van der Waals surface area contributed by atoms with E-state index in [1.807, 2.05) is 13.0 Å². The first kappa shape index (κ1) is 17.4. The van der Waals surface area contributed by atoms with Gasteiger partial charge in [0, 0.05) is 24.6 Å². The zero-order valence-corrected chi connectivity index (χ0v) is 14.9. The van der Waals surface area contributed by atoms with Gasteiger partial charge in [-0.2, -0.15) is 0 Å². The minimum atomic E-state index is -0.450. The monoisotopic (exact) mass is 366 g/mol. The Morgan fingerprint density at radius 1 is 1.37 bits per heavy atom. The second-order valence-corrected chi connectivity index (χ2v) is 6.86. The van der Waals surface area contributed by atoms with E-state index in [0.29, 0.717) is 30.8 Å². The van der Waals surface area contributed by atoms with Crippen LogP contribution in [0.2, 0.25) is 0 Å². The Bertz CT molecular complexity index is 1110. The van der Waals surface area contributed by atoms with Crippen LogP contribution in [0.5, 0.6) is 0 Å². The number of pyridine rings is 1. The number of nitrogens with zero attached hydrogens (tertiary/aromatic N) is 3. The highest BCUT2D eigenvalue weighted by Crippen LogP contribution is 2.31. The maximum absolute atomic E-state index is 13.7. The van der Waals surface area contributed by atoms with E-state index in [-0.39, 0.29) is 17.3 Å². The van der Waals surface area contributed by atoms with Gasteiger partial charge in [0.15, 0.2) is 0 Å². The molecule has 2 N–H and O–H groups in total. The summed E-state index contributed by atoms with van der Waals surface area (Å²) in [7, 11) is 0. The number of fused-ring (bicyclic) bond motifs is 2. The van der Waals surface area contributed by atoms with E-state index in [0.717, 1.165) is 11.1 Å². The number of hydrogen-bond donors (Lipinski definition) is 1. The molecule has 27 heavy (non-hydrogen) atoms. The predicted octanol–water partition coefficient (Wildman–Crippen LogP) is 1.92. The second-order valence-electron chi connectivity index (χ2n) is 6.86. The highest BCUT2D eigenvalue weighted by atomic mass is 19.1. The number of anilines is 1. The third-order valence-corrected chi connectivity index (χ3v) is 5.02. The molecule has 1 atom stereocenters. The molecule has 138 valence electrons. The molecule has 7 heteroatoms. The molecule has 6 nitrogen and oxygen atoms in total. The number of aromatic nitrogens is 2. The second kappa shape index (κ2) is 6.59. The molecule has 2 aromatic heterocycles. The summed E-state index contributed by atoms with van der Waals surface area (Å²) < 4.78 is 15.0. The normalized spacial score (nSPS) is 16.4. The van der Waals surface area contributed by atoms with Gasteiger partial charge in [0.25, 0.3) is 11.5 Å². The van der Waals surface area contributed by atoms with Crippen molar-refractivity contribution < 1.29 is 9.18 Å². The number of halogens is 1. The van der Waals surface area contributed by atoms with Crippen LogP contribution in [0.1, 0.15) is 21.5 Å². The molecule has 1 unspecified atom stereocenters. The Balaban J connectivity index is 1.82. The van der Waals surface area contributed by atoms with Crippen molar-refractivity contribution in [3.05, 3.63) is 75.6 Å². The Morgan fingerprint density at radius 2 is 2.19 bits per heavy atom. The lowest BCUT2D eigenvalue weighted by molar-refractivity contribution is 0.0978. The van der Waals surface area contributed by atoms with Crippen molar-refractivity contribution in [2.24, 2.45) is 11.7 Å². The van der Waals surface area contributed by atoms with E-state index in [2.05, 4.69) is 4.98 Å². The highest BCUT2D eigenvalue weighted by Gasteiger charge is 2.30. The lowest BCUT2D eigenvalue weighted by Crippen LogP contribution is -2.44. The number of hydrogen-bond acceptors (Lipinski definition) is 4. The van der Waals surface area contributed by atoms with E-state index >= 15 is 0 Å². The SMILES string of the molecule is Cc1cccn2c(=O)c(C(=O)N3CC(CN)Cc4cc(F)ccc43)cnc12. The number of rotatable bonds is 2. The van der Waals surface area contributed by atoms with Crippen molar-refractivity contribution in [1.82, 2.24) is 9.38 Å². The lowest BCUT2D eigenvalue weighted by atomic mass is 9.92. The van der Waals surface area contributed by atoms with Crippen LogP contribution in [0.3, 0.4) is 0 Å². The highest BCUT2D eigenvalue weighted by molar-refractivity contribution is 6.06. The summed E-state index contributed by atoms with van der Waals surface area (Å²) in [5, 5.41) is 0. The van der Waals surface area contributed by atoms with Crippen molar-refractivity contribution in [2.45, 2.75) is 13.3 Å². The summed E-state index contributed by atoms with van der Waals surface area (Å²) >= 11 is 0. The van der Waals surface area contributed by atoms with Gasteiger partial charge in [0.05, 0.1) is 0 Å². The van der Waals surface area contributed by atoms with Gasteiger partial charge in [-0.25, -0.2) is 9.37 Å². The Morgan fingerprint density at radius 3 is 2.96 bits per heavy atom. The molecule has 3 heterocycles. The molecule has 0 saturated heterocycles. The van der Waals surface area contributed by atoms with Gasteiger partial charge in [-0.15, -0.1) is 0 Å². The third kappa shape index (κ3) is 2.90. The summed E-state index contributed by atoms with van der Waals surface area (Å²) in [6.45, 7) is 2.60. The number of nitrogens with two attached hydrogens (primary N) is 1. The molecule has 1 aliphatic heterocycles. The first-order chi connectivity index (χ1) is 13.0. The summed E-state index contributed by atoms with van der Waals surface area (Å²) in [5.41, 5.74) is 8.05. The van der Waals surface area contributed by atoms with E-state index in [9.17, 15) is 14.0 Å². The minimum Gasteiger partial charge on any atom is -0.330 e. The minimum absolute atomic E-state index is 0.00154. The van der Waals surface area contributed by atoms with E-state index < -0.39 is 11.5 Å². The van der Waals surface area contributed by atoms with Crippen LogP contribution in [0, 0.1) is 18.7 Å². The van der Waals surface area contributed by atoms with Gasteiger partial charge in [0.2, 0.25) is 0 Å². The first-order valence-corrected chi connectivity index (χ1v) is 8.77. The molecule has 1 amide bonds. The van der Waals surface area contributed by atoms with Crippen LogP contribution in [-0.4, -0.2) is 28.4 Å². The number of benzene rings is 1. The van der Waals surface area contributed by atoms with Crippen LogP contribution >= 0.6 is 0 Å². The summed E-state index contributed by atoms with van der Waals surface area (Å²) in [4.78, 5) is 31.9. The van der Waals surface area contributed by atoms with Crippen molar-refractivity contribution in [1.29, 1.82) is 0 Å². The van der Waals surface area contributed by atoms with Crippen molar-refractivity contribution in [3.8, 4) is 0 Å². The lowest BCUT2D eigenvalue weighted by Gasteiger charge is -2.34. The van der Waals surface area contributed by atoms with E-state index in [4.69, 9.17) is 5.73 Å². The van der Waals surface area contributed by atoms with Crippen LogP contribution in [0.4, 0.5) is 10.1 Å². The molecule has 0 fully saturated rings. The summed E-state index contributed by atoms with van der Waals surface area (Å²) in [6, 6.07) is 7.90. The fraction of sp³-hybridized carbons (Fsp3) is 0.250. The Labute approximate surface area is 155 Å². The van der Waals surface area contributed by atoms with Gasteiger partial charge in [-0.1, -0.05) is 6.07 Å². The molecule has 1 aliphatic rings. The maximum Gasteiger partial charge on any atom is 0.270 e. The van der Waals surface area contributed by atoms with Crippen LogP contribution in [0.15, 0.2) is 47.5 Å². The largest absolute Gasteiger partial charge is 0.330 e. The molecule has 0 aliphatic carbocycles. The zero-order chi connectivity index (χ0) is 19.1. The van der Waals surface area contributed by atoms with Gasteiger partial charge in [-0.3, -0.25) is 14.0 Å². The van der Waals surface area contributed by atoms with Crippen LogP contribution < -0.4 is 16.2 Å². The molecule has 0 saturated carbocycles. The van der Waals surface area contributed by atoms with Gasteiger partial charge >= 0.3 is 0 Å². The fourth-order valence-corrected chi connectivity index (χ4v) is 3.60. The topological polar surface area (TPSA) is 80.7 Å². The third-order valence-electron chi connectivity index (χ3n) is 5.02. The standard InChI is InChI=1S/C20H19FN4O2/c1-12-3-2-6-24-18(12)23-10-16(19(24)26)20(27)25-11-13(9-22)7-14-8-15(21)4-5-17(14)25/h2-6,8,10,13H,7,9,11,22H2,1H3. The van der Waals surface area contributed by atoms with Gasteiger partial charge < -0.3 is 10.6 Å². The quantitative estimate of drug-likeness (QED) is 0.751. The van der Waals surface area contributed by atoms with Crippen LogP contribution in [-0.2, 0) is 6.42 Å². The van der Waals surface area contributed by atoms with E-state index in [1.165, 1.54) is 27.6 Å². The Kier molecular flexibility index (Phi) is 4.24. The van der Waals surface area contributed by atoms with Gasteiger partial charge in [0.1, 0.15) is 17.0 Å². The van der Waals surface area contributed by atoms with Crippen molar-refractivity contribution in [2.75, 3.05) is 18.0 Å². The average molecular weight is 366 g/mol. The number of amides is 1. The number of carbonyl (C=O) groups is 1. The first-order valence-electron chi connectivity index (χ1n) is 8.77. The molecule has 0 radical (unpaired) electrons. The molecular weight excluding hydrogens is 347 g/mol. The average Bonchev–Trinajstić information content (AvgIpc) is 2.67. The molecule has 0 spiro atoms. The number of aryl methyl sites for hydroxylation is 1. The predicted molar refractivity (Wildman–Crippen MR) is 101 cm³/mol. The fourth-order valence-electron chi connectivity index (χ4n) is 3.60. The molecule has 4 rings (SSSR count). The summed E-state index contributed by atoms with van der Waals surface area (Å²) in [5.74, 6) is -0.808.